The summed E-state index contributed by atoms with van der Waals surface area (Å²) in [4.78, 5) is 28.6. The summed E-state index contributed by atoms with van der Waals surface area (Å²) in [6.45, 7) is 1.62. The van der Waals surface area contributed by atoms with E-state index in [2.05, 4.69) is 4.99 Å². The number of alkyl halides is 3. The van der Waals surface area contributed by atoms with Crippen molar-refractivity contribution in [3.63, 3.8) is 0 Å². The molecule has 1 heterocycles. The molecule has 1 aromatic heterocycles. The van der Waals surface area contributed by atoms with E-state index >= 15 is 0 Å². The second kappa shape index (κ2) is 8.38. The monoisotopic (exact) mass is 442 g/mol. The van der Waals surface area contributed by atoms with Crippen molar-refractivity contribution < 1.29 is 27.5 Å². The highest BCUT2D eigenvalue weighted by Crippen LogP contribution is 2.29. The zero-order chi connectivity index (χ0) is 21.2. The summed E-state index contributed by atoms with van der Waals surface area (Å²) in [5.74, 6) is -1.40. The molecule has 0 atom stereocenters. The zero-order valence-corrected chi connectivity index (χ0v) is 16.6. The average molecular weight is 443 g/mol. The number of rotatable bonds is 4. The number of benzene rings is 2. The van der Waals surface area contributed by atoms with Gasteiger partial charge in [-0.3, -0.25) is 9.59 Å². The largest absolute Gasteiger partial charge is 0.465 e. The lowest BCUT2D eigenvalue weighted by molar-refractivity contribution is -0.143. The lowest BCUT2D eigenvalue weighted by atomic mass is 10.1. The van der Waals surface area contributed by atoms with Crippen LogP contribution in [0.25, 0.3) is 10.2 Å². The highest BCUT2D eigenvalue weighted by molar-refractivity contribution is 7.16. The second-order valence-electron chi connectivity index (χ2n) is 5.88. The third-order valence-corrected chi connectivity index (χ3v) is 5.16. The molecule has 5 nitrogen and oxygen atoms in total. The summed E-state index contributed by atoms with van der Waals surface area (Å²) in [5, 5.41) is 0.420. The first-order valence-electron chi connectivity index (χ1n) is 8.40. The van der Waals surface area contributed by atoms with Crippen LogP contribution < -0.4 is 4.80 Å². The third-order valence-electron chi connectivity index (χ3n) is 3.87. The molecule has 3 aromatic rings. The SMILES string of the molecule is CCOC(=O)Cn1c(=NC(=O)c2cccc(C(F)(F)F)c2)sc2ccc(Cl)cc21. The van der Waals surface area contributed by atoms with Gasteiger partial charge in [0.2, 0.25) is 0 Å². The minimum absolute atomic E-state index is 0.151. The molecular formula is C19H14ClF3N2O3S. The van der Waals surface area contributed by atoms with Gasteiger partial charge >= 0.3 is 12.1 Å². The molecule has 0 fully saturated rings. The number of aromatic nitrogens is 1. The fourth-order valence-electron chi connectivity index (χ4n) is 2.60. The molecule has 3 rings (SSSR count). The maximum atomic E-state index is 12.9. The molecule has 0 unspecified atom stereocenters. The van der Waals surface area contributed by atoms with E-state index in [1.807, 2.05) is 0 Å². The number of carbonyl (C=O) groups excluding carboxylic acids is 2. The molecule has 29 heavy (non-hydrogen) atoms. The van der Waals surface area contributed by atoms with Crippen LogP contribution in [-0.2, 0) is 22.3 Å². The van der Waals surface area contributed by atoms with E-state index in [9.17, 15) is 22.8 Å². The molecule has 0 bridgehead atoms. The molecule has 0 aliphatic heterocycles. The van der Waals surface area contributed by atoms with Crippen molar-refractivity contribution in [3.05, 3.63) is 63.4 Å². The van der Waals surface area contributed by atoms with Crippen LogP contribution in [0.2, 0.25) is 5.02 Å². The molecule has 0 saturated heterocycles. The number of fused-ring (bicyclic) bond motifs is 1. The summed E-state index contributed by atoms with van der Waals surface area (Å²) >= 11 is 7.14. The van der Waals surface area contributed by atoms with E-state index in [0.717, 1.165) is 29.5 Å². The third kappa shape index (κ3) is 4.86. The molecule has 0 radical (unpaired) electrons. The van der Waals surface area contributed by atoms with E-state index in [1.54, 1.807) is 25.1 Å². The maximum absolute atomic E-state index is 12.9. The van der Waals surface area contributed by atoms with Crippen LogP contribution in [0.15, 0.2) is 47.5 Å². The first kappa shape index (κ1) is 21.1. The van der Waals surface area contributed by atoms with E-state index in [0.29, 0.717) is 15.2 Å². The normalized spacial score (nSPS) is 12.4. The number of carbonyl (C=O) groups is 2. The van der Waals surface area contributed by atoms with Crippen LogP contribution >= 0.6 is 22.9 Å². The van der Waals surface area contributed by atoms with Crippen LogP contribution in [-0.4, -0.2) is 23.1 Å². The summed E-state index contributed by atoms with van der Waals surface area (Å²) < 4.78 is 45.8. The number of ether oxygens (including phenoxy) is 1. The minimum atomic E-state index is -4.57. The number of nitrogens with zero attached hydrogens (tertiary/aromatic N) is 2. The number of thiazole rings is 1. The Bertz CT molecular complexity index is 1150. The standard InChI is InChI=1S/C19H14ClF3N2O3S/c1-2-28-16(26)10-25-14-9-13(20)6-7-15(14)29-18(25)24-17(27)11-4-3-5-12(8-11)19(21,22)23/h3-9H,2,10H2,1H3. The number of hydrogen-bond donors (Lipinski definition) is 0. The minimum Gasteiger partial charge on any atom is -0.465 e. The molecule has 2 aromatic carbocycles. The Labute approximate surface area is 172 Å². The summed E-state index contributed by atoms with van der Waals surface area (Å²) in [5.41, 5.74) is -0.592. The Morgan fingerprint density at radius 2 is 1.97 bits per heavy atom. The number of amides is 1. The first-order chi connectivity index (χ1) is 13.7. The molecule has 0 aliphatic rings. The molecule has 152 valence electrons. The van der Waals surface area contributed by atoms with Crippen molar-refractivity contribution in [3.8, 4) is 0 Å². The Balaban J connectivity index is 2.09. The number of esters is 1. The van der Waals surface area contributed by atoms with Crippen LogP contribution in [0.4, 0.5) is 13.2 Å². The Kier molecular flexibility index (Phi) is 6.09. The maximum Gasteiger partial charge on any atom is 0.416 e. The zero-order valence-electron chi connectivity index (χ0n) is 15.0. The lowest BCUT2D eigenvalue weighted by Gasteiger charge is -2.07. The van der Waals surface area contributed by atoms with Crippen LogP contribution in [0, 0.1) is 0 Å². The molecular weight excluding hydrogens is 429 g/mol. The van der Waals surface area contributed by atoms with Gasteiger partial charge in [-0.1, -0.05) is 29.0 Å². The van der Waals surface area contributed by atoms with Gasteiger partial charge in [0.05, 0.1) is 22.4 Å². The molecule has 0 saturated carbocycles. The van der Waals surface area contributed by atoms with Crippen LogP contribution in [0.3, 0.4) is 0 Å². The van der Waals surface area contributed by atoms with Gasteiger partial charge in [0.1, 0.15) is 6.54 Å². The van der Waals surface area contributed by atoms with Gasteiger partial charge < -0.3 is 9.30 Å². The predicted molar refractivity (Wildman–Crippen MR) is 103 cm³/mol. The van der Waals surface area contributed by atoms with Crippen molar-refractivity contribution in [1.29, 1.82) is 0 Å². The van der Waals surface area contributed by atoms with Gasteiger partial charge in [0.25, 0.3) is 5.91 Å². The van der Waals surface area contributed by atoms with E-state index < -0.39 is 23.6 Å². The van der Waals surface area contributed by atoms with Gasteiger partial charge in [-0.05, 0) is 43.3 Å². The Hall–Kier alpha value is -2.65. The summed E-state index contributed by atoms with van der Waals surface area (Å²) in [6.07, 6.45) is -4.57. The van der Waals surface area contributed by atoms with Gasteiger partial charge in [-0.25, -0.2) is 0 Å². The molecule has 0 spiro atoms. The molecule has 1 amide bonds. The summed E-state index contributed by atoms with van der Waals surface area (Å²) in [7, 11) is 0. The fourth-order valence-corrected chi connectivity index (χ4v) is 3.77. The van der Waals surface area contributed by atoms with Gasteiger partial charge in [-0.2, -0.15) is 18.2 Å². The van der Waals surface area contributed by atoms with E-state index in [1.165, 1.54) is 10.6 Å². The average Bonchev–Trinajstić information content (AvgIpc) is 2.98. The molecule has 10 heteroatoms. The molecule has 0 aliphatic carbocycles. The van der Waals surface area contributed by atoms with Crippen LogP contribution in [0.5, 0.6) is 0 Å². The van der Waals surface area contributed by atoms with Gasteiger partial charge in [0.15, 0.2) is 4.80 Å². The van der Waals surface area contributed by atoms with Gasteiger partial charge in [0, 0.05) is 10.6 Å². The van der Waals surface area contributed by atoms with E-state index in [-0.39, 0.29) is 23.5 Å². The Morgan fingerprint density at radius 3 is 2.66 bits per heavy atom. The second-order valence-corrected chi connectivity index (χ2v) is 7.33. The van der Waals surface area contributed by atoms with Crippen molar-refractivity contribution >= 4 is 45.0 Å². The number of hydrogen-bond acceptors (Lipinski definition) is 4. The smallest absolute Gasteiger partial charge is 0.416 e. The van der Waals surface area contributed by atoms with Crippen molar-refractivity contribution in [2.24, 2.45) is 4.99 Å². The van der Waals surface area contributed by atoms with Crippen molar-refractivity contribution in [2.75, 3.05) is 6.61 Å². The highest BCUT2D eigenvalue weighted by Gasteiger charge is 2.30. The first-order valence-corrected chi connectivity index (χ1v) is 9.59. The van der Waals surface area contributed by atoms with Crippen LogP contribution in [0.1, 0.15) is 22.8 Å². The summed E-state index contributed by atoms with van der Waals surface area (Å²) in [6, 6.07) is 8.97. The van der Waals surface area contributed by atoms with E-state index in [4.69, 9.17) is 16.3 Å². The van der Waals surface area contributed by atoms with Gasteiger partial charge in [-0.15, -0.1) is 0 Å². The quantitative estimate of drug-likeness (QED) is 0.551. The number of halogens is 4. The highest BCUT2D eigenvalue weighted by atomic mass is 35.5. The Morgan fingerprint density at radius 1 is 1.21 bits per heavy atom. The lowest BCUT2D eigenvalue weighted by Crippen LogP contribution is -2.23. The van der Waals surface area contributed by atoms with Crippen molar-refractivity contribution in [1.82, 2.24) is 4.57 Å². The topological polar surface area (TPSA) is 60.7 Å². The fraction of sp³-hybridized carbons (Fsp3) is 0.211. The molecule has 0 N–H and O–H groups in total. The van der Waals surface area contributed by atoms with Crippen molar-refractivity contribution in [2.45, 2.75) is 19.6 Å². The predicted octanol–water partition coefficient (Wildman–Crippen LogP) is 4.68.